The van der Waals surface area contributed by atoms with Gasteiger partial charge in [0.25, 0.3) is 0 Å². The molecule has 4 aliphatic rings. The molecule has 3 saturated heterocycles. The average molecular weight is 366 g/mol. The third-order valence-corrected chi connectivity index (χ3v) is 7.40. The maximum absolute atomic E-state index is 12.8. The number of rotatable bonds is 0. The van der Waals surface area contributed by atoms with Crippen LogP contribution in [0.25, 0.3) is 0 Å². The van der Waals surface area contributed by atoms with Crippen molar-refractivity contribution in [3.8, 4) is 0 Å². The van der Waals surface area contributed by atoms with Crippen molar-refractivity contribution in [1.82, 2.24) is 0 Å². The number of allylic oxidation sites excluding steroid dienone is 1. The molecule has 6 heteroatoms. The Morgan fingerprint density at radius 2 is 1.88 bits per heavy atom. The number of ether oxygens (including phenoxy) is 2. The number of carbonyl (C=O) groups is 1. The quantitative estimate of drug-likeness (QED) is 0.588. The molecule has 10 atom stereocenters. The lowest BCUT2D eigenvalue weighted by atomic mass is 9.62. The minimum absolute atomic E-state index is 0.00921. The van der Waals surface area contributed by atoms with Gasteiger partial charge in [0.1, 0.15) is 5.60 Å². The molecule has 0 saturated carbocycles. The minimum Gasteiger partial charge on any atom is -0.390 e. The number of fused-ring (bicyclic) bond motifs is 2. The molecule has 26 heavy (non-hydrogen) atoms. The normalized spacial score (nSPS) is 56.9. The van der Waals surface area contributed by atoms with Gasteiger partial charge in [-0.2, -0.15) is 0 Å². The van der Waals surface area contributed by atoms with Crippen LogP contribution in [0.5, 0.6) is 0 Å². The van der Waals surface area contributed by atoms with Crippen molar-refractivity contribution >= 4 is 5.78 Å². The summed E-state index contributed by atoms with van der Waals surface area (Å²) in [6.45, 7) is 7.73. The second-order valence-electron chi connectivity index (χ2n) is 9.32. The van der Waals surface area contributed by atoms with E-state index in [-0.39, 0.29) is 48.4 Å². The molecule has 3 aliphatic heterocycles. The van der Waals surface area contributed by atoms with Crippen LogP contribution in [0.4, 0.5) is 0 Å². The zero-order valence-electron chi connectivity index (χ0n) is 15.9. The molecule has 3 N–H and O–H groups in total. The maximum Gasteiger partial charge on any atom is 0.159 e. The zero-order valence-corrected chi connectivity index (χ0v) is 15.9. The first-order chi connectivity index (χ1) is 12.1. The van der Waals surface area contributed by atoms with E-state index in [1.807, 2.05) is 20.8 Å². The summed E-state index contributed by atoms with van der Waals surface area (Å²) in [5, 5.41) is 32.4. The molecular weight excluding hydrogens is 336 g/mol. The Kier molecular flexibility index (Phi) is 4.18. The molecule has 4 rings (SSSR count). The highest BCUT2D eigenvalue weighted by atomic mass is 16.6. The van der Waals surface area contributed by atoms with Crippen molar-refractivity contribution in [3.05, 3.63) is 11.6 Å². The molecule has 3 heterocycles. The number of aliphatic hydroxyl groups is 3. The molecule has 0 spiro atoms. The predicted octanol–water partition coefficient (Wildman–Crippen LogP) is 0.823. The molecule has 1 aliphatic carbocycles. The van der Waals surface area contributed by atoms with Gasteiger partial charge in [-0.1, -0.05) is 12.5 Å². The molecule has 0 aromatic carbocycles. The molecule has 6 nitrogen and oxygen atoms in total. The summed E-state index contributed by atoms with van der Waals surface area (Å²) < 4.78 is 12.6. The van der Waals surface area contributed by atoms with Gasteiger partial charge in [0.15, 0.2) is 5.78 Å². The average Bonchev–Trinajstić information content (AvgIpc) is 2.86. The van der Waals surface area contributed by atoms with E-state index in [9.17, 15) is 20.1 Å². The summed E-state index contributed by atoms with van der Waals surface area (Å²) in [6.07, 6.45) is -0.859. The van der Waals surface area contributed by atoms with E-state index in [4.69, 9.17) is 9.47 Å². The SMILES string of the molecule is CC1=CC(=O)C2C(C)CO[C@@]3(C)C4OC(CC(C)(O)C(O)C[C@H]3O)C1C24. The van der Waals surface area contributed by atoms with Crippen LogP contribution in [0.15, 0.2) is 11.6 Å². The van der Waals surface area contributed by atoms with E-state index in [0.717, 1.165) is 5.57 Å². The maximum atomic E-state index is 12.8. The van der Waals surface area contributed by atoms with Gasteiger partial charge in [-0.25, -0.2) is 0 Å². The van der Waals surface area contributed by atoms with Crippen LogP contribution in [-0.2, 0) is 14.3 Å². The fraction of sp³-hybridized carbons (Fsp3) is 0.850. The lowest BCUT2D eigenvalue weighted by Crippen LogP contribution is -2.56. The Bertz CT molecular complexity index is 642. The Balaban J connectivity index is 1.88. The lowest BCUT2D eigenvalue weighted by Gasteiger charge is -2.43. The van der Waals surface area contributed by atoms with Crippen LogP contribution in [0.3, 0.4) is 0 Å². The Morgan fingerprint density at radius 1 is 1.19 bits per heavy atom. The van der Waals surface area contributed by atoms with E-state index >= 15 is 0 Å². The van der Waals surface area contributed by atoms with Gasteiger partial charge in [0, 0.05) is 30.6 Å². The largest absolute Gasteiger partial charge is 0.390 e. The summed E-state index contributed by atoms with van der Waals surface area (Å²) in [6, 6.07) is 0. The Morgan fingerprint density at radius 3 is 2.58 bits per heavy atom. The van der Waals surface area contributed by atoms with Crippen LogP contribution < -0.4 is 0 Å². The molecule has 0 radical (unpaired) electrons. The van der Waals surface area contributed by atoms with E-state index in [2.05, 4.69) is 0 Å². The van der Waals surface area contributed by atoms with Crippen LogP contribution >= 0.6 is 0 Å². The molecular formula is C20H30O6. The van der Waals surface area contributed by atoms with Crippen molar-refractivity contribution in [3.63, 3.8) is 0 Å². The molecule has 0 amide bonds. The van der Waals surface area contributed by atoms with Gasteiger partial charge in [0.05, 0.1) is 36.6 Å². The number of hydrogen-bond donors (Lipinski definition) is 3. The standard InChI is InChI=1S/C20H30O6/c1-9-5-11(21)15-10(2)8-25-20(4)14(23)6-13(22)19(3,24)7-12-16(9)17(15)18(20)26-12/h5,10,12-18,22-24H,6-8H2,1-4H3/t10?,12?,13?,14-,15?,16?,17?,18?,19?,20-/m1/s1. The zero-order chi connectivity index (χ0) is 19.0. The van der Waals surface area contributed by atoms with E-state index in [0.29, 0.717) is 6.61 Å². The first-order valence-electron chi connectivity index (χ1n) is 9.66. The Labute approximate surface area is 154 Å². The third kappa shape index (κ3) is 2.46. The third-order valence-electron chi connectivity index (χ3n) is 7.40. The lowest BCUT2D eigenvalue weighted by molar-refractivity contribution is -0.187. The number of hydrogen-bond acceptors (Lipinski definition) is 6. The summed E-state index contributed by atoms with van der Waals surface area (Å²) in [5.41, 5.74) is -1.45. The van der Waals surface area contributed by atoms with E-state index < -0.39 is 29.5 Å². The van der Waals surface area contributed by atoms with Crippen LogP contribution in [0, 0.1) is 23.7 Å². The molecule has 8 unspecified atom stereocenters. The number of carbonyl (C=O) groups excluding carboxylic acids is 1. The highest BCUT2D eigenvalue weighted by Crippen LogP contribution is 2.55. The number of ketones is 1. The molecule has 0 aromatic heterocycles. The van der Waals surface area contributed by atoms with Crippen molar-refractivity contribution in [2.24, 2.45) is 23.7 Å². The van der Waals surface area contributed by atoms with Gasteiger partial charge >= 0.3 is 0 Å². The van der Waals surface area contributed by atoms with Crippen LogP contribution in [0.1, 0.15) is 40.5 Å². The van der Waals surface area contributed by atoms with Gasteiger partial charge < -0.3 is 24.8 Å². The summed E-state index contributed by atoms with van der Waals surface area (Å²) in [5.74, 6) is -0.182. The molecule has 3 fully saturated rings. The highest BCUT2D eigenvalue weighted by molar-refractivity contribution is 5.94. The second kappa shape index (κ2) is 5.85. The van der Waals surface area contributed by atoms with Gasteiger partial charge in [0.2, 0.25) is 0 Å². The fourth-order valence-corrected chi connectivity index (χ4v) is 5.79. The molecule has 2 bridgehead atoms. The summed E-state index contributed by atoms with van der Waals surface area (Å²) in [4.78, 5) is 12.8. The first-order valence-corrected chi connectivity index (χ1v) is 9.66. The summed E-state index contributed by atoms with van der Waals surface area (Å²) in [7, 11) is 0. The van der Waals surface area contributed by atoms with Crippen LogP contribution in [0.2, 0.25) is 0 Å². The van der Waals surface area contributed by atoms with Crippen molar-refractivity contribution in [2.45, 2.75) is 76.2 Å². The predicted molar refractivity (Wildman–Crippen MR) is 93.3 cm³/mol. The summed E-state index contributed by atoms with van der Waals surface area (Å²) >= 11 is 0. The highest BCUT2D eigenvalue weighted by Gasteiger charge is 2.64. The molecule has 146 valence electrons. The second-order valence-corrected chi connectivity index (χ2v) is 9.32. The Hall–Kier alpha value is -0.790. The fourth-order valence-electron chi connectivity index (χ4n) is 5.79. The number of aliphatic hydroxyl groups excluding tert-OH is 2. The van der Waals surface area contributed by atoms with Crippen molar-refractivity contribution in [2.75, 3.05) is 6.61 Å². The van der Waals surface area contributed by atoms with E-state index in [1.54, 1.807) is 13.0 Å². The first kappa shape index (κ1) is 18.6. The molecule has 0 aromatic rings. The topological polar surface area (TPSA) is 96.2 Å². The van der Waals surface area contributed by atoms with Gasteiger partial charge in [-0.3, -0.25) is 4.79 Å². The van der Waals surface area contributed by atoms with Gasteiger partial charge in [-0.05, 0) is 32.8 Å². The van der Waals surface area contributed by atoms with Crippen LogP contribution in [-0.4, -0.2) is 63.3 Å². The van der Waals surface area contributed by atoms with Crippen molar-refractivity contribution < 1.29 is 29.6 Å². The van der Waals surface area contributed by atoms with E-state index in [1.165, 1.54) is 0 Å². The monoisotopic (exact) mass is 366 g/mol. The van der Waals surface area contributed by atoms with Gasteiger partial charge in [-0.15, -0.1) is 0 Å². The minimum atomic E-state index is -1.38. The smallest absolute Gasteiger partial charge is 0.159 e. The van der Waals surface area contributed by atoms with Crippen molar-refractivity contribution in [1.29, 1.82) is 0 Å².